The molecule has 1 aromatic carbocycles. The fourth-order valence-electron chi connectivity index (χ4n) is 1.71. The van der Waals surface area contributed by atoms with Crippen LogP contribution in [0.4, 0.5) is 0 Å². The molecule has 0 aliphatic rings. The van der Waals surface area contributed by atoms with Crippen molar-refractivity contribution in [2.24, 2.45) is 0 Å². The number of nitrogens with one attached hydrogen (secondary N) is 1. The standard InChI is InChI=1S/C15H24BrNO4/c1-3-20-10-14(18)11-21-15-5-4-13(16)8-12(15)9-17-6-7-19-2/h4-5,8,14,17-18H,3,6-7,9-11H2,1-2H3. The molecule has 2 N–H and O–H groups in total. The molecule has 0 spiro atoms. The Morgan fingerprint density at radius 3 is 2.86 bits per heavy atom. The molecule has 1 atom stereocenters. The van der Waals surface area contributed by atoms with Gasteiger partial charge in [0.25, 0.3) is 0 Å². The van der Waals surface area contributed by atoms with E-state index < -0.39 is 6.10 Å². The van der Waals surface area contributed by atoms with E-state index in [4.69, 9.17) is 14.2 Å². The topological polar surface area (TPSA) is 60.0 Å². The normalized spacial score (nSPS) is 12.4. The first kappa shape index (κ1) is 18.4. The minimum atomic E-state index is -0.622. The Hall–Kier alpha value is -0.660. The van der Waals surface area contributed by atoms with Gasteiger partial charge in [0.05, 0.1) is 13.2 Å². The second-order valence-corrected chi connectivity index (χ2v) is 5.46. The van der Waals surface area contributed by atoms with Gasteiger partial charge in [-0.25, -0.2) is 0 Å². The lowest BCUT2D eigenvalue weighted by Gasteiger charge is -2.15. The summed E-state index contributed by atoms with van der Waals surface area (Å²) in [4.78, 5) is 0. The third-order valence-electron chi connectivity index (χ3n) is 2.77. The van der Waals surface area contributed by atoms with Gasteiger partial charge in [-0.1, -0.05) is 15.9 Å². The molecule has 1 aromatic rings. The minimum absolute atomic E-state index is 0.215. The zero-order chi connectivity index (χ0) is 15.5. The van der Waals surface area contributed by atoms with E-state index in [1.165, 1.54) is 0 Å². The zero-order valence-corrected chi connectivity index (χ0v) is 14.2. The average molecular weight is 362 g/mol. The Morgan fingerprint density at radius 1 is 1.33 bits per heavy atom. The van der Waals surface area contributed by atoms with E-state index in [1.54, 1.807) is 7.11 Å². The van der Waals surface area contributed by atoms with Crippen molar-refractivity contribution in [1.29, 1.82) is 0 Å². The van der Waals surface area contributed by atoms with Gasteiger partial charge in [0.2, 0.25) is 0 Å². The number of aliphatic hydroxyl groups is 1. The molecule has 0 aliphatic heterocycles. The molecule has 0 saturated heterocycles. The minimum Gasteiger partial charge on any atom is -0.490 e. The molecule has 1 unspecified atom stereocenters. The smallest absolute Gasteiger partial charge is 0.124 e. The van der Waals surface area contributed by atoms with Gasteiger partial charge in [-0.05, 0) is 25.1 Å². The summed E-state index contributed by atoms with van der Waals surface area (Å²) < 4.78 is 16.8. The maximum Gasteiger partial charge on any atom is 0.124 e. The maximum atomic E-state index is 9.74. The Morgan fingerprint density at radius 2 is 2.14 bits per heavy atom. The van der Waals surface area contributed by atoms with Crippen LogP contribution in [0, 0.1) is 0 Å². The number of benzene rings is 1. The van der Waals surface area contributed by atoms with Crippen molar-refractivity contribution < 1.29 is 19.3 Å². The zero-order valence-electron chi connectivity index (χ0n) is 12.6. The molecule has 0 heterocycles. The Labute approximate surface area is 134 Å². The first-order chi connectivity index (χ1) is 10.2. The van der Waals surface area contributed by atoms with Crippen LogP contribution in [0.3, 0.4) is 0 Å². The Kier molecular flexibility index (Phi) is 9.62. The number of aliphatic hydroxyl groups excluding tert-OH is 1. The Bertz CT molecular complexity index is 403. The fourth-order valence-corrected chi connectivity index (χ4v) is 2.12. The van der Waals surface area contributed by atoms with Crippen LogP contribution in [0.15, 0.2) is 22.7 Å². The molecular weight excluding hydrogens is 338 g/mol. The van der Waals surface area contributed by atoms with E-state index in [2.05, 4.69) is 21.2 Å². The van der Waals surface area contributed by atoms with Gasteiger partial charge in [0.15, 0.2) is 0 Å². The second kappa shape index (κ2) is 11.0. The van der Waals surface area contributed by atoms with Gasteiger partial charge < -0.3 is 24.6 Å². The average Bonchev–Trinajstić information content (AvgIpc) is 2.48. The third-order valence-corrected chi connectivity index (χ3v) is 3.26. The van der Waals surface area contributed by atoms with Crippen molar-refractivity contribution in [2.45, 2.75) is 19.6 Å². The highest BCUT2D eigenvalue weighted by atomic mass is 79.9. The molecule has 0 saturated carbocycles. The lowest BCUT2D eigenvalue weighted by Crippen LogP contribution is -2.24. The van der Waals surface area contributed by atoms with Crippen molar-refractivity contribution in [2.75, 3.05) is 40.1 Å². The van der Waals surface area contributed by atoms with Gasteiger partial charge >= 0.3 is 0 Å². The van der Waals surface area contributed by atoms with Crippen molar-refractivity contribution in [1.82, 2.24) is 5.32 Å². The second-order valence-electron chi connectivity index (χ2n) is 4.55. The van der Waals surface area contributed by atoms with Gasteiger partial charge in [-0.15, -0.1) is 0 Å². The van der Waals surface area contributed by atoms with Crippen LogP contribution >= 0.6 is 15.9 Å². The van der Waals surface area contributed by atoms with E-state index in [9.17, 15) is 5.11 Å². The largest absolute Gasteiger partial charge is 0.490 e. The summed E-state index contributed by atoms with van der Waals surface area (Å²) in [6, 6.07) is 5.82. The molecule has 5 nitrogen and oxygen atoms in total. The molecule has 0 bridgehead atoms. The summed E-state index contributed by atoms with van der Waals surface area (Å²) in [5.41, 5.74) is 1.03. The molecule has 0 amide bonds. The lowest BCUT2D eigenvalue weighted by molar-refractivity contribution is 0.0162. The highest BCUT2D eigenvalue weighted by Gasteiger charge is 2.09. The van der Waals surface area contributed by atoms with Crippen LogP contribution in [0.1, 0.15) is 12.5 Å². The first-order valence-electron chi connectivity index (χ1n) is 7.04. The van der Waals surface area contributed by atoms with Gasteiger partial charge in [-0.3, -0.25) is 0 Å². The highest BCUT2D eigenvalue weighted by molar-refractivity contribution is 9.10. The molecule has 0 fully saturated rings. The number of rotatable bonds is 11. The van der Waals surface area contributed by atoms with Crippen molar-refractivity contribution in [3.8, 4) is 5.75 Å². The maximum absolute atomic E-state index is 9.74. The molecule has 0 radical (unpaired) electrons. The molecule has 6 heteroatoms. The molecular formula is C15H24BrNO4. The quantitative estimate of drug-likeness (QED) is 0.590. The van der Waals surface area contributed by atoms with E-state index in [-0.39, 0.29) is 13.2 Å². The summed E-state index contributed by atoms with van der Waals surface area (Å²) >= 11 is 3.46. The molecule has 0 aromatic heterocycles. The summed E-state index contributed by atoms with van der Waals surface area (Å²) in [6.45, 7) is 5.10. The van der Waals surface area contributed by atoms with Crippen LogP contribution in [0.2, 0.25) is 0 Å². The van der Waals surface area contributed by atoms with Crippen LogP contribution in [-0.4, -0.2) is 51.3 Å². The number of ether oxygens (including phenoxy) is 3. The van der Waals surface area contributed by atoms with E-state index in [0.29, 0.717) is 19.8 Å². The van der Waals surface area contributed by atoms with Crippen LogP contribution < -0.4 is 10.1 Å². The van der Waals surface area contributed by atoms with Gasteiger partial charge in [0, 0.05) is 36.8 Å². The van der Waals surface area contributed by atoms with E-state index in [1.807, 2.05) is 25.1 Å². The summed E-state index contributed by atoms with van der Waals surface area (Å²) in [7, 11) is 1.68. The van der Waals surface area contributed by atoms with Crippen LogP contribution in [0.5, 0.6) is 5.75 Å². The van der Waals surface area contributed by atoms with Crippen LogP contribution in [0.25, 0.3) is 0 Å². The predicted octanol–water partition coefficient (Wildman–Crippen LogP) is 1.96. The third kappa shape index (κ3) is 7.78. The number of hydrogen-bond acceptors (Lipinski definition) is 5. The number of hydrogen-bond donors (Lipinski definition) is 2. The lowest BCUT2D eigenvalue weighted by atomic mass is 10.2. The van der Waals surface area contributed by atoms with Crippen LogP contribution in [-0.2, 0) is 16.0 Å². The van der Waals surface area contributed by atoms with Crippen molar-refractivity contribution in [3.63, 3.8) is 0 Å². The fraction of sp³-hybridized carbons (Fsp3) is 0.600. The van der Waals surface area contributed by atoms with Crippen molar-refractivity contribution in [3.05, 3.63) is 28.2 Å². The molecule has 21 heavy (non-hydrogen) atoms. The molecule has 1 rings (SSSR count). The van der Waals surface area contributed by atoms with E-state index in [0.717, 1.165) is 22.3 Å². The predicted molar refractivity (Wildman–Crippen MR) is 85.7 cm³/mol. The van der Waals surface area contributed by atoms with E-state index >= 15 is 0 Å². The number of halogens is 1. The SMILES string of the molecule is CCOCC(O)COc1ccc(Br)cc1CNCCOC. The highest BCUT2D eigenvalue weighted by Crippen LogP contribution is 2.23. The van der Waals surface area contributed by atoms with Gasteiger partial charge in [-0.2, -0.15) is 0 Å². The van der Waals surface area contributed by atoms with Gasteiger partial charge in [0.1, 0.15) is 18.5 Å². The number of methoxy groups -OCH3 is 1. The Balaban J connectivity index is 2.51. The summed E-state index contributed by atoms with van der Waals surface area (Å²) in [5.74, 6) is 0.763. The first-order valence-corrected chi connectivity index (χ1v) is 7.83. The summed E-state index contributed by atoms with van der Waals surface area (Å²) in [5, 5.41) is 13.0. The molecule has 120 valence electrons. The van der Waals surface area contributed by atoms with Crippen molar-refractivity contribution >= 4 is 15.9 Å². The summed E-state index contributed by atoms with van der Waals surface area (Å²) in [6.07, 6.45) is -0.622. The monoisotopic (exact) mass is 361 g/mol. The molecule has 0 aliphatic carbocycles.